The molecule has 0 bridgehead atoms. The Hall–Kier alpha value is -3.29. The number of benzene rings is 1. The van der Waals surface area contributed by atoms with Gasteiger partial charge in [-0.1, -0.05) is 39.5 Å². The van der Waals surface area contributed by atoms with E-state index in [1.807, 2.05) is 13.8 Å². The van der Waals surface area contributed by atoms with Crippen molar-refractivity contribution in [2.45, 2.75) is 78.2 Å². The number of fused-ring (bicyclic) bond motifs is 1. The maximum absolute atomic E-state index is 13.8. The number of carbonyl (C=O) groups excluding carboxylic acids is 1. The van der Waals surface area contributed by atoms with Crippen LogP contribution in [0.1, 0.15) is 66.0 Å². The third kappa shape index (κ3) is 8.89. The predicted octanol–water partition coefficient (Wildman–Crippen LogP) is 4.64. The van der Waals surface area contributed by atoms with Crippen molar-refractivity contribution in [1.82, 2.24) is 24.6 Å². The molecule has 2 fully saturated rings. The van der Waals surface area contributed by atoms with Crippen LogP contribution in [0.25, 0.3) is 11.2 Å². The van der Waals surface area contributed by atoms with Gasteiger partial charge in [-0.15, -0.1) is 0 Å². The first-order chi connectivity index (χ1) is 20.9. The van der Waals surface area contributed by atoms with E-state index in [2.05, 4.69) is 20.0 Å². The van der Waals surface area contributed by atoms with Crippen LogP contribution < -0.4 is 20.1 Å². The summed E-state index contributed by atoms with van der Waals surface area (Å²) < 4.78 is 44.1. The van der Waals surface area contributed by atoms with Crippen molar-refractivity contribution in [3.63, 3.8) is 0 Å². The number of nitrogen functional groups attached to an aromatic ring is 1. The molecular formula is C29H45N6O8P. The van der Waals surface area contributed by atoms with E-state index in [0.29, 0.717) is 29.8 Å². The number of nitrogens with zero attached hydrogens (tertiary/aromatic N) is 4. The smallest absolute Gasteiger partial charge is 0.459 e. The minimum Gasteiger partial charge on any atom is -0.479 e. The van der Waals surface area contributed by atoms with Crippen molar-refractivity contribution in [1.29, 1.82) is 0 Å². The molecule has 4 N–H and O–H groups in total. The molecule has 3 heterocycles. The first-order valence-electron chi connectivity index (χ1n) is 14.6. The fraction of sp³-hybridized carbons (Fsp3) is 0.586. The highest BCUT2D eigenvalue weighted by molar-refractivity contribution is 7.52. The molecular weight excluding hydrogens is 591 g/mol. The SMILES string of the molecule is C.CC.COc1nc(N)nc2c1ncn2C1OC(COP(=O)(NCC(=O)OC2CCCC2)Oc2ccccc2)CC1CCO. The van der Waals surface area contributed by atoms with E-state index in [4.69, 9.17) is 29.0 Å². The fourth-order valence-electron chi connectivity index (χ4n) is 5.18. The molecule has 44 heavy (non-hydrogen) atoms. The molecule has 0 radical (unpaired) electrons. The number of hydrogen-bond donors (Lipinski definition) is 3. The minimum atomic E-state index is -4.02. The molecule has 3 aromatic rings. The van der Waals surface area contributed by atoms with Gasteiger partial charge in [-0.3, -0.25) is 13.9 Å². The number of ether oxygens (including phenoxy) is 3. The molecule has 0 spiro atoms. The lowest BCUT2D eigenvalue weighted by Gasteiger charge is -2.22. The number of aliphatic hydroxyl groups is 1. The summed E-state index contributed by atoms with van der Waals surface area (Å²) in [6.07, 6.45) is 4.96. The Balaban J connectivity index is 0.00000173. The van der Waals surface area contributed by atoms with E-state index in [-0.39, 0.29) is 51.0 Å². The van der Waals surface area contributed by atoms with Crippen LogP contribution in [-0.4, -0.2) is 69.7 Å². The summed E-state index contributed by atoms with van der Waals surface area (Å²) in [5.41, 5.74) is 6.71. The highest BCUT2D eigenvalue weighted by atomic mass is 31.2. The third-order valence-corrected chi connectivity index (χ3v) is 8.58. The Bertz CT molecular complexity index is 1370. The average Bonchev–Trinajstić information content (AvgIpc) is 3.77. The zero-order valence-electron chi connectivity index (χ0n) is 24.8. The maximum atomic E-state index is 13.8. The lowest BCUT2D eigenvalue weighted by atomic mass is 10.00. The summed E-state index contributed by atoms with van der Waals surface area (Å²) in [4.78, 5) is 25.2. The van der Waals surface area contributed by atoms with Crippen LogP contribution in [0.2, 0.25) is 0 Å². The van der Waals surface area contributed by atoms with Crippen LogP contribution in [0.3, 0.4) is 0 Å². The van der Waals surface area contributed by atoms with Gasteiger partial charge in [-0.25, -0.2) is 14.6 Å². The van der Waals surface area contributed by atoms with E-state index >= 15 is 0 Å². The average molecular weight is 637 g/mol. The molecule has 14 nitrogen and oxygen atoms in total. The largest absolute Gasteiger partial charge is 0.479 e. The normalized spacial score (nSPS) is 21.1. The van der Waals surface area contributed by atoms with Crippen molar-refractivity contribution in [2.24, 2.45) is 5.92 Å². The lowest BCUT2D eigenvalue weighted by molar-refractivity contribution is -0.147. The van der Waals surface area contributed by atoms with Crippen LogP contribution in [0, 0.1) is 5.92 Å². The van der Waals surface area contributed by atoms with Crippen LogP contribution in [0.4, 0.5) is 5.95 Å². The molecule has 4 unspecified atom stereocenters. The number of para-hydroxylation sites is 1. The summed E-state index contributed by atoms with van der Waals surface area (Å²) in [7, 11) is -2.55. The fourth-order valence-corrected chi connectivity index (χ4v) is 6.47. The first kappa shape index (κ1) is 35.2. The van der Waals surface area contributed by atoms with Gasteiger partial charge in [0.15, 0.2) is 11.2 Å². The molecule has 1 aliphatic carbocycles. The van der Waals surface area contributed by atoms with Crippen LogP contribution in [0.15, 0.2) is 36.7 Å². The van der Waals surface area contributed by atoms with E-state index < -0.39 is 26.0 Å². The number of aliphatic hydroxyl groups excluding tert-OH is 1. The van der Waals surface area contributed by atoms with Gasteiger partial charge < -0.3 is 29.6 Å². The summed E-state index contributed by atoms with van der Waals surface area (Å²) in [6, 6.07) is 8.55. The second kappa shape index (κ2) is 16.7. The highest BCUT2D eigenvalue weighted by Crippen LogP contribution is 2.46. The molecule has 1 aromatic carbocycles. The van der Waals surface area contributed by atoms with Gasteiger partial charge in [0.05, 0.1) is 26.1 Å². The Labute approximate surface area is 258 Å². The summed E-state index contributed by atoms with van der Waals surface area (Å²) in [5, 5.41) is 12.4. The predicted molar refractivity (Wildman–Crippen MR) is 165 cm³/mol. The quantitative estimate of drug-likeness (QED) is 0.174. The van der Waals surface area contributed by atoms with Crippen LogP contribution in [0.5, 0.6) is 11.6 Å². The number of nitrogens with two attached hydrogens (primary N) is 1. The van der Waals surface area contributed by atoms with Gasteiger partial charge >= 0.3 is 13.7 Å². The molecule has 244 valence electrons. The van der Waals surface area contributed by atoms with E-state index in [1.54, 1.807) is 41.2 Å². The monoisotopic (exact) mass is 636 g/mol. The zero-order chi connectivity index (χ0) is 30.8. The van der Waals surface area contributed by atoms with Gasteiger partial charge in [0.25, 0.3) is 0 Å². The number of nitrogens with one attached hydrogen (secondary N) is 1. The molecule has 1 saturated carbocycles. The summed E-state index contributed by atoms with van der Waals surface area (Å²) >= 11 is 0. The molecule has 1 aliphatic heterocycles. The second-order valence-corrected chi connectivity index (χ2v) is 11.8. The Morgan fingerprint density at radius 1 is 1.20 bits per heavy atom. The zero-order valence-corrected chi connectivity index (χ0v) is 25.7. The Kier molecular flexibility index (Phi) is 13.3. The molecule has 1 saturated heterocycles. The maximum Gasteiger partial charge on any atom is 0.459 e. The van der Waals surface area contributed by atoms with Gasteiger partial charge in [-0.2, -0.15) is 9.97 Å². The lowest BCUT2D eigenvalue weighted by Crippen LogP contribution is -2.29. The molecule has 5 rings (SSSR count). The molecule has 2 aliphatic rings. The first-order valence-corrected chi connectivity index (χ1v) is 16.2. The van der Waals surface area contributed by atoms with E-state index in [0.717, 1.165) is 25.7 Å². The number of anilines is 1. The molecule has 2 aromatic heterocycles. The van der Waals surface area contributed by atoms with E-state index in [1.165, 1.54) is 7.11 Å². The Morgan fingerprint density at radius 2 is 1.93 bits per heavy atom. The van der Waals surface area contributed by atoms with Crippen LogP contribution >= 0.6 is 7.75 Å². The summed E-state index contributed by atoms with van der Waals surface area (Å²) in [6.45, 7) is 3.48. The van der Waals surface area contributed by atoms with Crippen molar-refractivity contribution in [2.75, 3.05) is 32.6 Å². The molecule has 4 atom stereocenters. The Morgan fingerprint density at radius 3 is 2.61 bits per heavy atom. The highest BCUT2D eigenvalue weighted by Gasteiger charge is 2.39. The van der Waals surface area contributed by atoms with Crippen molar-refractivity contribution >= 4 is 30.8 Å². The number of carbonyl (C=O) groups is 1. The second-order valence-electron chi connectivity index (χ2n) is 10.0. The van der Waals surface area contributed by atoms with Crippen molar-refractivity contribution in [3.05, 3.63) is 36.7 Å². The summed E-state index contributed by atoms with van der Waals surface area (Å²) in [5.74, 6) is -0.103. The van der Waals surface area contributed by atoms with Gasteiger partial charge in [-0.05, 0) is 50.7 Å². The molecule has 0 amide bonds. The van der Waals surface area contributed by atoms with E-state index in [9.17, 15) is 14.5 Å². The van der Waals surface area contributed by atoms with Gasteiger partial charge in [0.1, 0.15) is 24.6 Å². The van der Waals surface area contributed by atoms with Crippen molar-refractivity contribution < 1.29 is 37.7 Å². The van der Waals surface area contributed by atoms with Gasteiger partial charge in [0, 0.05) is 12.5 Å². The third-order valence-electron chi connectivity index (χ3n) is 7.09. The van der Waals surface area contributed by atoms with Crippen LogP contribution in [-0.2, 0) is 23.4 Å². The molecule has 15 heteroatoms. The number of hydrogen-bond acceptors (Lipinski definition) is 12. The topological polar surface area (TPSA) is 182 Å². The van der Waals surface area contributed by atoms with Gasteiger partial charge in [0.2, 0.25) is 11.8 Å². The standard InChI is InChI=1S/C26H35N6O8P.C2H6.CH4/c1-36-24-22-23(30-26(27)31-24)32(16-28-22)25-17(11-12-33)13-20(39-25)15-37-41(35,40-19-9-3-2-4-10-19)29-14-21(34)38-18-7-5-6-8-18;1-2;/h2-4,9-10,16-18,20,25,33H,5-8,11-15H2,1H3,(H,29,35)(H2,27,30,31);1-2H3;1H4. The minimum absolute atomic E-state index is 0. The number of rotatable bonds is 13. The number of methoxy groups -OCH3 is 1. The van der Waals surface area contributed by atoms with Crippen molar-refractivity contribution in [3.8, 4) is 11.6 Å². The number of aromatic nitrogens is 4. The number of imidazole rings is 1. The number of esters is 1.